The van der Waals surface area contributed by atoms with Gasteiger partial charge in [-0.3, -0.25) is 0 Å². The molecule has 1 aliphatic heterocycles. The molecule has 3 aliphatic rings. The number of allylic oxidation sites excluding steroid dienone is 1. The molecule has 3 aromatic rings. The largest absolute Gasteiger partial charge is 0.303 e. The Morgan fingerprint density at radius 1 is 0.750 bits per heavy atom. The fraction of sp³-hybridized carbons (Fsp3) is 0.355. The quantitative estimate of drug-likeness (QED) is 0.452. The third kappa shape index (κ3) is 3.53. The zero-order chi connectivity index (χ0) is 21.4. The Morgan fingerprint density at radius 3 is 2.09 bits per heavy atom. The van der Waals surface area contributed by atoms with Gasteiger partial charge in [-0.15, -0.1) is 0 Å². The summed E-state index contributed by atoms with van der Waals surface area (Å²) in [5, 5.41) is 0. The van der Waals surface area contributed by atoms with Gasteiger partial charge in [0.25, 0.3) is 0 Å². The average molecular weight is 420 g/mol. The zero-order valence-corrected chi connectivity index (χ0v) is 19.0. The Kier molecular flexibility index (Phi) is 5.23. The lowest BCUT2D eigenvalue weighted by Crippen LogP contribution is -2.41. The number of benzene rings is 3. The lowest BCUT2D eigenvalue weighted by atomic mass is 9.74. The maximum absolute atomic E-state index is 2.72. The summed E-state index contributed by atoms with van der Waals surface area (Å²) >= 11 is 0. The van der Waals surface area contributed by atoms with Crippen molar-refractivity contribution in [2.45, 2.75) is 49.9 Å². The molecule has 0 radical (unpaired) electrons. The first-order valence-electron chi connectivity index (χ1n) is 12.5. The second-order valence-electron chi connectivity index (χ2n) is 10.0. The molecule has 1 nitrogen and oxygen atoms in total. The van der Waals surface area contributed by atoms with Crippen LogP contribution < -0.4 is 0 Å². The van der Waals surface area contributed by atoms with Gasteiger partial charge in [0.05, 0.1) is 0 Å². The molecule has 0 aromatic heterocycles. The van der Waals surface area contributed by atoms with Crippen molar-refractivity contribution in [2.75, 3.05) is 19.6 Å². The first kappa shape index (κ1) is 20.0. The van der Waals surface area contributed by atoms with E-state index in [0.29, 0.717) is 11.3 Å². The van der Waals surface area contributed by atoms with Crippen LogP contribution in [0.3, 0.4) is 0 Å². The number of fused-ring (bicyclic) bond motifs is 4. The minimum atomic E-state index is 0.298. The topological polar surface area (TPSA) is 3.24 Å². The highest BCUT2D eigenvalue weighted by Crippen LogP contribution is 2.44. The van der Waals surface area contributed by atoms with E-state index in [4.69, 9.17) is 0 Å². The molecule has 0 amide bonds. The van der Waals surface area contributed by atoms with Crippen molar-refractivity contribution < 1.29 is 0 Å². The SMILES string of the molecule is C1=CC2(CCN(CCCC3c4ccccc4CCc4ccccc43)CC2)c2ccccc21. The minimum Gasteiger partial charge on any atom is -0.303 e. The molecular formula is C31H33N. The molecule has 0 atom stereocenters. The second-order valence-corrected chi connectivity index (χ2v) is 10.0. The van der Waals surface area contributed by atoms with E-state index in [2.05, 4.69) is 89.8 Å². The lowest BCUT2D eigenvalue weighted by Gasteiger charge is -2.39. The number of aryl methyl sites for hydroxylation is 2. The van der Waals surface area contributed by atoms with Gasteiger partial charge in [-0.05, 0) is 91.5 Å². The number of nitrogens with zero attached hydrogens (tertiary/aromatic N) is 1. The summed E-state index contributed by atoms with van der Waals surface area (Å²) in [5.74, 6) is 0.547. The van der Waals surface area contributed by atoms with Gasteiger partial charge >= 0.3 is 0 Å². The van der Waals surface area contributed by atoms with Gasteiger partial charge in [-0.25, -0.2) is 0 Å². The van der Waals surface area contributed by atoms with E-state index in [1.807, 2.05) is 0 Å². The molecule has 0 N–H and O–H groups in total. The normalized spacial score (nSPS) is 19.4. The van der Waals surface area contributed by atoms with Crippen LogP contribution >= 0.6 is 0 Å². The maximum Gasteiger partial charge on any atom is 0.0165 e. The summed E-state index contributed by atoms with van der Waals surface area (Å²) in [4.78, 5) is 2.72. The van der Waals surface area contributed by atoms with Gasteiger partial charge < -0.3 is 4.90 Å². The van der Waals surface area contributed by atoms with Crippen molar-refractivity contribution >= 4 is 6.08 Å². The molecule has 162 valence electrons. The molecule has 1 spiro atoms. The maximum atomic E-state index is 2.72. The van der Waals surface area contributed by atoms with Crippen molar-refractivity contribution in [1.82, 2.24) is 4.90 Å². The molecule has 1 heteroatoms. The van der Waals surface area contributed by atoms with Crippen LogP contribution in [-0.4, -0.2) is 24.5 Å². The van der Waals surface area contributed by atoms with E-state index < -0.39 is 0 Å². The summed E-state index contributed by atoms with van der Waals surface area (Å²) in [5.41, 5.74) is 9.55. The van der Waals surface area contributed by atoms with E-state index in [-0.39, 0.29) is 0 Å². The summed E-state index contributed by atoms with van der Waals surface area (Å²) in [6.45, 7) is 3.66. The molecule has 1 fully saturated rings. The number of hydrogen-bond donors (Lipinski definition) is 0. The Bertz CT molecular complexity index is 1080. The Balaban J connectivity index is 1.12. The molecule has 1 saturated heterocycles. The number of likely N-dealkylation sites (tertiary alicyclic amines) is 1. The smallest absolute Gasteiger partial charge is 0.0165 e. The van der Waals surface area contributed by atoms with Crippen LogP contribution in [0.5, 0.6) is 0 Å². The summed E-state index contributed by atoms with van der Waals surface area (Å²) in [6, 6.07) is 27.4. The molecule has 0 saturated carbocycles. The molecule has 6 rings (SSSR count). The van der Waals surface area contributed by atoms with Crippen molar-refractivity contribution in [3.63, 3.8) is 0 Å². The summed E-state index contributed by atoms with van der Waals surface area (Å²) < 4.78 is 0. The minimum absolute atomic E-state index is 0.298. The van der Waals surface area contributed by atoms with Gasteiger partial charge in [-0.1, -0.05) is 84.9 Å². The van der Waals surface area contributed by atoms with Crippen LogP contribution in [0.4, 0.5) is 0 Å². The second kappa shape index (κ2) is 8.37. The Morgan fingerprint density at radius 2 is 1.38 bits per heavy atom. The third-order valence-corrected chi connectivity index (χ3v) is 8.32. The number of rotatable bonds is 4. The Labute approximate surface area is 192 Å². The Hall–Kier alpha value is -2.64. The summed E-state index contributed by atoms with van der Waals surface area (Å²) in [7, 11) is 0. The van der Waals surface area contributed by atoms with Gasteiger partial charge in [-0.2, -0.15) is 0 Å². The monoisotopic (exact) mass is 419 g/mol. The van der Waals surface area contributed by atoms with Crippen molar-refractivity contribution in [1.29, 1.82) is 0 Å². The number of hydrogen-bond acceptors (Lipinski definition) is 1. The molecule has 0 unspecified atom stereocenters. The fourth-order valence-corrected chi connectivity index (χ4v) is 6.52. The van der Waals surface area contributed by atoms with Gasteiger partial charge in [0, 0.05) is 11.3 Å². The van der Waals surface area contributed by atoms with E-state index in [1.54, 1.807) is 27.8 Å². The van der Waals surface area contributed by atoms with Crippen molar-refractivity contribution in [3.05, 3.63) is 112 Å². The average Bonchev–Trinajstić information content (AvgIpc) is 3.12. The van der Waals surface area contributed by atoms with Gasteiger partial charge in [0.1, 0.15) is 0 Å². The van der Waals surface area contributed by atoms with Crippen molar-refractivity contribution in [3.8, 4) is 0 Å². The first-order chi connectivity index (χ1) is 15.8. The first-order valence-corrected chi connectivity index (χ1v) is 12.5. The molecular weight excluding hydrogens is 386 g/mol. The standard InChI is InChI=1S/C31H33N/c1-4-11-27-24(8-1)15-16-25-9-2-5-12-28(25)29(27)13-7-21-32-22-19-31(20-23-32)18-17-26-10-3-6-14-30(26)31/h1-6,8-12,14,17-18,29H,7,13,15-16,19-23H2. The molecule has 0 bridgehead atoms. The molecule has 3 aromatic carbocycles. The van der Waals surface area contributed by atoms with E-state index >= 15 is 0 Å². The van der Waals surface area contributed by atoms with E-state index in [9.17, 15) is 0 Å². The van der Waals surface area contributed by atoms with E-state index in [1.165, 1.54) is 63.7 Å². The van der Waals surface area contributed by atoms with Gasteiger partial charge in [0.2, 0.25) is 0 Å². The predicted molar refractivity (Wildman–Crippen MR) is 134 cm³/mol. The highest BCUT2D eigenvalue weighted by atomic mass is 15.1. The molecule has 32 heavy (non-hydrogen) atoms. The molecule has 2 aliphatic carbocycles. The van der Waals surface area contributed by atoms with E-state index in [0.717, 1.165) is 0 Å². The highest BCUT2D eigenvalue weighted by Gasteiger charge is 2.37. The van der Waals surface area contributed by atoms with Crippen LogP contribution in [0.15, 0.2) is 78.9 Å². The van der Waals surface area contributed by atoms with Crippen LogP contribution in [0.2, 0.25) is 0 Å². The highest BCUT2D eigenvalue weighted by molar-refractivity contribution is 5.65. The third-order valence-electron chi connectivity index (χ3n) is 8.32. The van der Waals surface area contributed by atoms with Crippen LogP contribution in [0, 0.1) is 0 Å². The van der Waals surface area contributed by atoms with Gasteiger partial charge in [0.15, 0.2) is 0 Å². The van der Waals surface area contributed by atoms with Crippen LogP contribution in [0.1, 0.15) is 65.0 Å². The predicted octanol–water partition coefficient (Wildman–Crippen LogP) is 6.76. The lowest BCUT2D eigenvalue weighted by molar-refractivity contribution is 0.181. The summed E-state index contributed by atoms with van der Waals surface area (Å²) in [6.07, 6.45) is 12.2. The van der Waals surface area contributed by atoms with Crippen LogP contribution in [0.25, 0.3) is 6.08 Å². The fourth-order valence-electron chi connectivity index (χ4n) is 6.52. The molecule has 1 heterocycles. The number of piperidine rings is 1. The van der Waals surface area contributed by atoms with Crippen molar-refractivity contribution in [2.24, 2.45) is 0 Å². The van der Waals surface area contributed by atoms with Crippen LogP contribution in [-0.2, 0) is 18.3 Å². The zero-order valence-electron chi connectivity index (χ0n) is 19.0.